The number of ether oxygens (including phenoxy) is 1. The molecule has 15 heteroatoms. The number of likely N-dealkylation sites (N-methyl/N-ethyl adjacent to an activating group) is 1. The molecule has 11 nitrogen and oxygen atoms in total. The van der Waals surface area contributed by atoms with E-state index in [4.69, 9.17) is 14.6 Å². The van der Waals surface area contributed by atoms with E-state index in [9.17, 15) is 26.4 Å². The highest BCUT2D eigenvalue weighted by molar-refractivity contribution is 7.92. The van der Waals surface area contributed by atoms with Gasteiger partial charge >= 0.3 is 12.1 Å². The van der Waals surface area contributed by atoms with Crippen LogP contribution in [0.3, 0.4) is 0 Å². The molecule has 0 bridgehead atoms. The summed E-state index contributed by atoms with van der Waals surface area (Å²) in [4.78, 5) is 28.3. The zero-order chi connectivity index (χ0) is 29.5. The van der Waals surface area contributed by atoms with Crippen LogP contribution in [0.1, 0.15) is 10.4 Å². The highest BCUT2D eigenvalue weighted by Crippen LogP contribution is 2.31. The minimum absolute atomic E-state index is 0.0835. The number of alkyl halides is 3. The van der Waals surface area contributed by atoms with Crippen LogP contribution in [-0.2, 0) is 14.8 Å². The number of benzene rings is 2. The van der Waals surface area contributed by atoms with Crippen LogP contribution in [0.2, 0.25) is 0 Å². The van der Waals surface area contributed by atoms with Gasteiger partial charge in [0.25, 0.3) is 15.9 Å². The summed E-state index contributed by atoms with van der Waals surface area (Å²) >= 11 is 0. The smallest absolute Gasteiger partial charge is 0.490 e. The number of hydrogen-bond acceptors (Lipinski definition) is 8. The Hall–Kier alpha value is -3.56. The van der Waals surface area contributed by atoms with Crippen molar-refractivity contribution in [2.75, 3.05) is 76.1 Å². The van der Waals surface area contributed by atoms with Crippen LogP contribution in [0.15, 0.2) is 47.4 Å². The molecule has 0 radical (unpaired) electrons. The Kier molecular flexibility index (Phi) is 10.2. The normalized spacial score (nSPS) is 16.5. The van der Waals surface area contributed by atoms with E-state index >= 15 is 0 Å². The molecule has 3 N–H and O–H groups in total. The van der Waals surface area contributed by atoms with Crippen molar-refractivity contribution < 1.29 is 41.0 Å². The summed E-state index contributed by atoms with van der Waals surface area (Å²) in [6.07, 6.45) is -5.08. The quantitative estimate of drug-likeness (QED) is 0.464. The molecule has 0 saturated carbocycles. The first-order chi connectivity index (χ1) is 18.8. The third-order valence-corrected chi connectivity index (χ3v) is 7.73. The fraction of sp³-hybridized carbons (Fsp3) is 0.440. The van der Waals surface area contributed by atoms with Gasteiger partial charge < -0.3 is 29.9 Å². The molecule has 0 atom stereocenters. The van der Waals surface area contributed by atoms with Gasteiger partial charge in [-0.25, -0.2) is 13.2 Å². The van der Waals surface area contributed by atoms with E-state index in [0.29, 0.717) is 30.1 Å². The molecule has 2 aliphatic rings. The van der Waals surface area contributed by atoms with Gasteiger partial charge in [-0.1, -0.05) is 0 Å². The third kappa shape index (κ3) is 8.22. The minimum atomic E-state index is -5.08. The SMILES string of the molecule is COc1ccc(S(=O)(=O)Nc2cc(C(=O)N3CCN(C)CC3)ccc2N2CCNCC2)cc1.O=C(O)C(F)(F)F. The van der Waals surface area contributed by atoms with Crippen molar-refractivity contribution in [3.05, 3.63) is 48.0 Å². The van der Waals surface area contributed by atoms with Crippen molar-refractivity contribution in [2.24, 2.45) is 0 Å². The summed E-state index contributed by atoms with van der Waals surface area (Å²) in [5.41, 5.74) is 1.65. The van der Waals surface area contributed by atoms with E-state index in [1.807, 2.05) is 18.0 Å². The number of hydrogen-bond donors (Lipinski definition) is 3. The predicted molar refractivity (Wildman–Crippen MR) is 142 cm³/mol. The molecule has 2 saturated heterocycles. The van der Waals surface area contributed by atoms with Crippen molar-refractivity contribution in [1.29, 1.82) is 0 Å². The molecule has 2 aliphatic heterocycles. The number of aliphatic carboxylic acids is 1. The number of sulfonamides is 1. The van der Waals surface area contributed by atoms with Crippen LogP contribution in [-0.4, -0.2) is 108 Å². The number of anilines is 2. The summed E-state index contributed by atoms with van der Waals surface area (Å²) < 4.78 is 65.9. The lowest BCUT2D eigenvalue weighted by atomic mass is 10.1. The van der Waals surface area contributed by atoms with Gasteiger partial charge in [0.05, 0.1) is 23.4 Å². The van der Waals surface area contributed by atoms with Gasteiger partial charge in [0.1, 0.15) is 5.75 Å². The first-order valence-corrected chi connectivity index (χ1v) is 13.8. The summed E-state index contributed by atoms with van der Waals surface area (Å²) in [7, 11) is -0.284. The topological polar surface area (TPSA) is 132 Å². The monoisotopic (exact) mass is 587 g/mol. The number of carbonyl (C=O) groups excluding carboxylic acids is 1. The Bertz CT molecular complexity index is 1280. The zero-order valence-corrected chi connectivity index (χ0v) is 22.9. The van der Waals surface area contributed by atoms with E-state index in [1.54, 1.807) is 24.3 Å². The maximum absolute atomic E-state index is 13.2. The number of carbonyl (C=O) groups is 2. The first kappa shape index (κ1) is 31.0. The van der Waals surface area contributed by atoms with Gasteiger partial charge in [-0.3, -0.25) is 9.52 Å². The van der Waals surface area contributed by atoms with Gasteiger partial charge in [-0.2, -0.15) is 13.2 Å². The van der Waals surface area contributed by atoms with E-state index in [2.05, 4.69) is 19.8 Å². The zero-order valence-electron chi connectivity index (χ0n) is 22.1. The van der Waals surface area contributed by atoms with E-state index < -0.39 is 22.2 Å². The fourth-order valence-electron chi connectivity index (χ4n) is 4.08. The summed E-state index contributed by atoms with van der Waals surface area (Å²) in [5, 5.41) is 10.4. The second-order valence-corrected chi connectivity index (χ2v) is 10.8. The lowest BCUT2D eigenvalue weighted by Crippen LogP contribution is -2.47. The molecule has 2 heterocycles. The Balaban J connectivity index is 0.000000559. The molecule has 2 aromatic carbocycles. The maximum Gasteiger partial charge on any atom is 0.490 e. The molecule has 0 unspecified atom stereocenters. The van der Waals surface area contributed by atoms with E-state index in [1.165, 1.54) is 19.2 Å². The van der Waals surface area contributed by atoms with Gasteiger partial charge in [-0.15, -0.1) is 0 Å². The number of methoxy groups -OCH3 is 1. The molecule has 4 rings (SSSR count). The van der Waals surface area contributed by atoms with Crippen LogP contribution in [0.4, 0.5) is 24.5 Å². The highest BCUT2D eigenvalue weighted by Gasteiger charge is 2.38. The van der Waals surface area contributed by atoms with Crippen LogP contribution in [0.25, 0.3) is 0 Å². The molecular weight excluding hydrogens is 555 g/mol. The van der Waals surface area contributed by atoms with Gasteiger partial charge in [-0.05, 0) is 49.5 Å². The number of piperazine rings is 2. The molecular formula is C25H32F3N5O6S. The van der Waals surface area contributed by atoms with Crippen LogP contribution in [0, 0.1) is 0 Å². The number of halogens is 3. The third-order valence-electron chi connectivity index (χ3n) is 6.35. The Morgan fingerprint density at radius 2 is 1.55 bits per heavy atom. The molecule has 2 fully saturated rings. The van der Waals surface area contributed by atoms with Gasteiger partial charge in [0.2, 0.25) is 0 Å². The molecule has 0 aliphatic carbocycles. The van der Waals surface area contributed by atoms with E-state index in [-0.39, 0.29) is 10.8 Å². The first-order valence-electron chi connectivity index (χ1n) is 12.4. The number of amides is 1. The molecule has 0 spiro atoms. The number of rotatable bonds is 6. The van der Waals surface area contributed by atoms with Crippen LogP contribution >= 0.6 is 0 Å². The van der Waals surface area contributed by atoms with E-state index in [0.717, 1.165) is 45.0 Å². The molecule has 1 amide bonds. The average molecular weight is 588 g/mol. The predicted octanol–water partition coefficient (Wildman–Crippen LogP) is 1.93. The Labute approximate surface area is 230 Å². The summed E-state index contributed by atoms with van der Waals surface area (Å²) in [5.74, 6) is -2.26. The van der Waals surface area contributed by atoms with Crippen molar-refractivity contribution >= 4 is 33.3 Å². The molecule has 40 heavy (non-hydrogen) atoms. The Morgan fingerprint density at radius 1 is 0.975 bits per heavy atom. The molecule has 0 aromatic heterocycles. The molecule has 220 valence electrons. The highest BCUT2D eigenvalue weighted by atomic mass is 32.2. The standard InChI is InChI=1S/C23H31N5O4S.C2HF3O2/c1-26-13-15-28(16-14-26)23(29)18-3-8-22(27-11-9-24-10-12-27)21(17-18)25-33(30,31)20-6-4-19(32-2)5-7-20;3-2(4,5)1(6)7/h3-8,17,24-25H,9-16H2,1-2H3;(H,6,7). The van der Waals surface area contributed by atoms with Crippen LogP contribution < -0.4 is 19.7 Å². The minimum Gasteiger partial charge on any atom is -0.497 e. The second-order valence-electron chi connectivity index (χ2n) is 9.15. The lowest BCUT2D eigenvalue weighted by Gasteiger charge is -2.33. The number of carboxylic acids is 1. The van der Waals surface area contributed by atoms with Crippen LogP contribution in [0.5, 0.6) is 5.75 Å². The molecule has 2 aromatic rings. The summed E-state index contributed by atoms with van der Waals surface area (Å²) in [6, 6.07) is 11.5. The average Bonchev–Trinajstić information content (AvgIpc) is 2.93. The van der Waals surface area contributed by atoms with Crippen molar-refractivity contribution in [2.45, 2.75) is 11.1 Å². The van der Waals surface area contributed by atoms with Crippen molar-refractivity contribution in [1.82, 2.24) is 15.1 Å². The number of nitrogens with one attached hydrogen (secondary N) is 2. The van der Waals surface area contributed by atoms with Crippen molar-refractivity contribution in [3.63, 3.8) is 0 Å². The lowest BCUT2D eigenvalue weighted by molar-refractivity contribution is -0.192. The maximum atomic E-state index is 13.2. The van der Waals surface area contributed by atoms with Gasteiger partial charge in [0.15, 0.2) is 0 Å². The summed E-state index contributed by atoms with van der Waals surface area (Å²) in [6.45, 7) is 6.08. The second kappa shape index (κ2) is 13.2. The fourth-order valence-corrected chi connectivity index (χ4v) is 5.15. The largest absolute Gasteiger partial charge is 0.497 e. The van der Waals surface area contributed by atoms with Gasteiger partial charge in [0, 0.05) is 57.9 Å². The van der Waals surface area contributed by atoms with Crippen molar-refractivity contribution in [3.8, 4) is 5.75 Å². The number of carboxylic acid groups (broad SMARTS) is 1. The number of nitrogens with zero attached hydrogens (tertiary/aromatic N) is 3. The Morgan fingerprint density at radius 3 is 2.08 bits per heavy atom.